The molecule has 1 aliphatic heterocycles. The highest BCUT2D eigenvalue weighted by atomic mass is 35.5. The van der Waals surface area contributed by atoms with Gasteiger partial charge < -0.3 is 10.0 Å². The molecule has 2 fully saturated rings. The van der Waals surface area contributed by atoms with Crippen molar-refractivity contribution in [2.24, 2.45) is 5.92 Å². The monoisotopic (exact) mass is 308 g/mol. The van der Waals surface area contributed by atoms with Crippen molar-refractivity contribution in [2.45, 2.75) is 44.2 Å². The molecule has 1 N–H and O–H groups in total. The van der Waals surface area contributed by atoms with Crippen LogP contribution in [0.3, 0.4) is 0 Å². The predicted octanol–water partition coefficient (Wildman–Crippen LogP) is 2.59. The highest BCUT2D eigenvalue weighted by Gasteiger charge is 2.47. The molecule has 1 saturated carbocycles. The summed E-state index contributed by atoms with van der Waals surface area (Å²) in [7, 11) is 0. The molecule has 1 saturated heterocycles. The van der Waals surface area contributed by atoms with Gasteiger partial charge in [0.1, 0.15) is 6.04 Å². The molecule has 21 heavy (non-hydrogen) atoms. The number of halogens is 1. The van der Waals surface area contributed by atoms with E-state index in [1.54, 1.807) is 11.0 Å². The summed E-state index contributed by atoms with van der Waals surface area (Å²) < 4.78 is 0. The largest absolute Gasteiger partial charge is 0.480 e. The fourth-order valence-corrected chi connectivity index (χ4v) is 3.86. The van der Waals surface area contributed by atoms with Crippen LogP contribution in [0.5, 0.6) is 0 Å². The van der Waals surface area contributed by atoms with Crippen molar-refractivity contribution < 1.29 is 14.7 Å². The van der Waals surface area contributed by atoms with Crippen molar-refractivity contribution in [3.05, 3.63) is 29.0 Å². The van der Waals surface area contributed by atoms with Crippen LogP contribution in [0.4, 0.5) is 0 Å². The smallest absolute Gasteiger partial charge is 0.326 e. The number of fused-ring (bicyclic) bond motifs is 1. The minimum absolute atomic E-state index is 0.0246. The van der Waals surface area contributed by atoms with Crippen LogP contribution < -0.4 is 0 Å². The summed E-state index contributed by atoms with van der Waals surface area (Å²) in [6, 6.07) is 0.839. The maximum Gasteiger partial charge on any atom is 0.326 e. The molecule has 0 aromatic carbocycles. The molecular formula is C15H17ClN2O3. The van der Waals surface area contributed by atoms with Gasteiger partial charge >= 0.3 is 5.97 Å². The SMILES string of the molecule is O=C(O)[C@@H]1C[C@H]2CCCC[C@H]2N1C(=O)c1ccncc1Cl. The number of aliphatic carboxylic acids is 1. The van der Waals surface area contributed by atoms with Gasteiger partial charge in [0.15, 0.2) is 0 Å². The molecule has 1 aliphatic carbocycles. The number of aromatic nitrogens is 1. The quantitative estimate of drug-likeness (QED) is 0.911. The summed E-state index contributed by atoms with van der Waals surface area (Å²) in [4.78, 5) is 29.7. The van der Waals surface area contributed by atoms with Gasteiger partial charge in [0, 0.05) is 18.4 Å². The summed E-state index contributed by atoms with van der Waals surface area (Å²) >= 11 is 6.04. The Morgan fingerprint density at radius 2 is 2.10 bits per heavy atom. The maximum atomic E-state index is 12.8. The van der Waals surface area contributed by atoms with Crippen molar-refractivity contribution in [3.63, 3.8) is 0 Å². The van der Waals surface area contributed by atoms with Gasteiger partial charge in [0.2, 0.25) is 0 Å². The first-order valence-electron chi connectivity index (χ1n) is 7.24. The third kappa shape index (κ3) is 2.50. The van der Waals surface area contributed by atoms with Crippen LogP contribution in [0.1, 0.15) is 42.5 Å². The maximum absolute atomic E-state index is 12.8. The topological polar surface area (TPSA) is 70.5 Å². The fourth-order valence-electron chi connectivity index (χ4n) is 3.66. The molecule has 2 aliphatic rings. The van der Waals surface area contributed by atoms with Crippen molar-refractivity contribution >= 4 is 23.5 Å². The van der Waals surface area contributed by atoms with Crippen LogP contribution in [0.25, 0.3) is 0 Å². The Balaban J connectivity index is 1.95. The van der Waals surface area contributed by atoms with Crippen LogP contribution in [0, 0.1) is 5.92 Å². The molecule has 5 nitrogen and oxygen atoms in total. The summed E-state index contributed by atoms with van der Waals surface area (Å²) in [5.74, 6) is -0.920. The predicted molar refractivity (Wildman–Crippen MR) is 77.2 cm³/mol. The van der Waals surface area contributed by atoms with E-state index in [9.17, 15) is 14.7 Å². The fraction of sp³-hybridized carbons (Fsp3) is 0.533. The van der Waals surface area contributed by atoms with Crippen molar-refractivity contribution in [1.82, 2.24) is 9.88 Å². The number of carbonyl (C=O) groups excluding carboxylic acids is 1. The van der Waals surface area contributed by atoms with Crippen molar-refractivity contribution in [1.29, 1.82) is 0 Å². The van der Waals surface area contributed by atoms with E-state index in [0.29, 0.717) is 17.9 Å². The molecule has 1 aromatic heterocycles. The van der Waals surface area contributed by atoms with Crippen LogP contribution in [-0.2, 0) is 4.79 Å². The van der Waals surface area contributed by atoms with Crippen LogP contribution >= 0.6 is 11.6 Å². The Bertz CT molecular complexity index is 578. The summed E-state index contributed by atoms with van der Waals surface area (Å²) in [5, 5.41) is 9.73. The zero-order chi connectivity index (χ0) is 15.0. The van der Waals surface area contributed by atoms with Gasteiger partial charge in [-0.25, -0.2) is 4.79 Å². The highest BCUT2D eigenvalue weighted by Crippen LogP contribution is 2.40. The third-order valence-corrected chi connectivity index (χ3v) is 4.91. The lowest BCUT2D eigenvalue weighted by atomic mass is 9.84. The molecule has 1 aromatic rings. The number of likely N-dealkylation sites (tertiary alicyclic amines) is 1. The minimum atomic E-state index is -0.928. The second-order valence-corrected chi connectivity index (χ2v) is 6.18. The Morgan fingerprint density at radius 3 is 2.81 bits per heavy atom. The van der Waals surface area contributed by atoms with E-state index >= 15 is 0 Å². The lowest BCUT2D eigenvalue weighted by molar-refractivity contribution is -0.141. The number of nitrogens with zero attached hydrogens (tertiary/aromatic N) is 2. The van der Waals surface area contributed by atoms with E-state index in [4.69, 9.17) is 11.6 Å². The molecule has 0 bridgehead atoms. The Hall–Kier alpha value is -1.62. The summed E-state index contributed by atoms with van der Waals surface area (Å²) in [6.45, 7) is 0. The molecular weight excluding hydrogens is 292 g/mol. The zero-order valence-electron chi connectivity index (χ0n) is 11.5. The van der Waals surface area contributed by atoms with Crippen molar-refractivity contribution in [3.8, 4) is 0 Å². The summed E-state index contributed by atoms with van der Waals surface area (Å²) in [5.41, 5.74) is 0.337. The van der Waals surface area contributed by atoms with E-state index in [-0.39, 0.29) is 17.0 Å². The van der Waals surface area contributed by atoms with Crippen LogP contribution in [0.15, 0.2) is 18.5 Å². The number of hydrogen-bond donors (Lipinski definition) is 1. The Labute approximate surface area is 127 Å². The van der Waals surface area contributed by atoms with Crippen LogP contribution in [-0.4, -0.2) is 39.0 Å². The van der Waals surface area contributed by atoms with Crippen LogP contribution in [0.2, 0.25) is 5.02 Å². The molecule has 3 atom stereocenters. The first-order valence-corrected chi connectivity index (χ1v) is 7.62. The molecule has 0 radical (unpaired) electrons. The molecule has 0 unspecified atom stereocenters. The first-order chi connectivity index (χ1) is 10.1. The van der Waals surface area contributed by atoms with Gasteiger partial charge in [-0.15, -0.1) is 0 Å². The lowest BCUT2D eigenvalue weighted by Gasteiger charge is -2.33. The number of carbonyl (C=O) groups is 2. The zero-order valence-corrected chi connectivity index (χ0v) is 12.3. The minimum Gasteiger partial charge on any atom is -0.480 e. The van der Waals surface area contributed by atoms with Crippen molar-refractivity contribution in [2.75, 3.05) is 0 Å². The third-order valence-electron chi connectivity index (χ3n) is 4.61. The Kier molecular flexibility index (Phi) is 3.85. The number of hydrogen-bond acceptors (Lipinski definition) is 3. The van der Waals surface area contributed by atoms with E-state index in [1.165, 1.54) is 12.4 Å². The second kappa shape index (κ2) is 5.64. The molecule has 1 amide bonds. The van der Waals surface area contributed by atoms with E-state index < -0.39 is 12.0 Å². The van der Waals surface area contributed by atoms with Gasteiger partial charge in [0.25, 0.3) is 5.91 Å². The highest BCUT2D eigenvalue weighted by molar-refractivity contribution is 6.33. The molecule has 3 rings (SSSR count). The van der Waals surface area contributed by atoms with Gasteiger partial charge in [-0.3, -0.25) is 9.78 Å². The number of carboxylic acids is 1. The number of amides is 1. The first kappa shape index (κ1) is 14.3. The summed E-state index contributed by atoms with van der Waals surface area (Å²) in [6.07, 6.45) is 7.51. The Morgan fingerprint density at radius 1 is 1.33 bits per heavy atom. The molecule has 6 heteroatoms. The van der Waals surface area contributed by atoms with Gasteiger partial charge in [-0.2, -0.15) is 0 Å². The number of carboxylic acid groups (broad SMARTS) is 1. The van der Waals surface area contributed by atoms with Gasteiger partial charge in [0.05, 0.1) is 10.6 Å². The average molecular weight is 309 g/mol. The molecule has 0 spiro atoms. The van der Waals surface area contributed by atoms with E-state index in [0.717, 1.165) is 25.7 Å². The van der Waals surface area contributed by atoms with Gasteiger partial charge in [-0.05, 0) is 31.2 Å². The molecule has 2 heterocycles. The second-order valence-electron chi connectivity index (χ2n) is 5.77. The standard InChI is InChI=1S/C15H17ClN2O3/c16-11-8-17-6-5-10(11)14(19)18-12-4-2-1-3-9(12)7-13(18)15(20)21/h5-6,8-9,12-13H,1-4,7H2,(H,20,21)/t9-,12-,13+/m1/s1. The normalized spacial score (nSPS) is 28.2. The lowest BCUT2D eigenvalue weighted by Crippen LogP contribution is -2.46. The van der Waals surface area contributed by atoms with E-state index in [2.05, 4.69) is 4.98 Å². The number of pyridine rings is 1. The van der Waals surface area contributed by atoms with Gasteiger partial charge in [-0.1, -0.05) is 24.4 Å². The average Bonchev–Trinajstić information content (AvgIpc) is 2.86. The number of rotatable bonds is 2. The van der Waals surface area contributed by atoms with E-state index in [1.807, 2.05) is 0 Å². The molecule has 112 valence electrons.